The average molecular weight is 883 g/mol. The number of benzene rings is 2. The molecule has 0 aliphatic rings. The average Bonchev–Trinajstić information content (AvgIpc) is 3.03. The fourth-order valence-electron chi connectivity index (χ4n) is 5.26. The standard InChI is InChI=1S/C36H62BrClN2O8SSi3/c1-12-52(13-2,14-3)48-34(24-39-35(41)25-46-36-28(4)21-30(37)23-31(36)38)29-15-16-33(47-27-45-18-20-51(9,10)11)32(22-29)40(49(5,42)43)26-44-17-19-50(6,7)8/h15-16,21-23,34H,12-14,17-20,24-27H2,1-11H3,(H,39,41)/t34-/m1/s1. The maximum atomic E-state index is 13.3. The van der Waals surface area contributed by atoms with E-state index in [0.29, 0.717) is 41.0 Å². The van der Waals surface area contributed by atoms with E-state index < -0.39 is 40.6 Å². The zero-order valence-electron chi connectivity index (χ0n) is 33.1. The molecule has 2 rings (SSSR count). The predicted octanol–water partition coefficient (Wildman–Crippen LogP) is 9.44. The molecular weight excluding hydrogens is 820 g/mol. The number of hydrogen-bond donors (Lipinski definition) is 1. The van der Waals surface area contributed by atoms with Crippen LogP contribution < -0.4 is 19.1 Å². The zero-order valence-corrected chi connectivity index (χ0v) is 39.3. The van der Waals surface area contributed by atoms with Crippen molar-refractivity contribution in [2.45, 2.75) is 103 Å². The zero-order chi connectivity index (χ0) is 39.3. The number of nitrogens with zero attached hydrogens (tertiary/aromatic N) is 1. The van der Waals surface area contributed by atoms with E-state index in [4.69, 9.17) is 35.0 Å². The lowest BCUT2D eigenvalue weighted by Crippen LogP contribution is -2.41. The van der Waals surface area contributed by atoms with Crippen molar-refractivity contribution < 1.29 is 36.6 Å². The molecule has 0 spiro atoms. The Labute approximate surface area is 329 Å². The summed E-state index contributed by atoms with van der Waals surface area (Å²) in [5.74, 6) is 0.451. The van der Waals surface area contributed by atoms with Crippen LogP contribution in [0.25, 0.3) is 0 Å². The van der Waals surface area contributed by atoms with Gasteiger partial charge in [-0.3, -0.25) is 4.79 Å². The number of carbonyl (C=O) groups is 1. The molecule has 0 bridgehead atoms. The van der Waals surface area contributed by atoms with E-state index in [1.54, 1.807) is 18.2 Å². The van der Waals surface area contributed by atoms with Gasteiger partial charge >= 0.3 is 0 Å². The molecule has 0 fully saturated rings. The Morgan fingerprint density at radius 3 is 2.06 bits per heavy atom. The van der Waals surface area contributed by atoms with Crippen molar-refractivity contribution in [2.24, 2.45) is 0 Å². The van der Waals surface area contributed by atoms with Crippen molar-refractivity contribution >= 4 is 73.6 Å². The number of hydrogen-bond acceptors (Lipinski definition) is 8. The third-order valence-electron chi connectivity index (χ3n) is 8.87. The highest BCUT2D eigenvalue weighted by Crippen LogP contribution is 2.37. The summed E-state index contributed by atoms with van der Waals surface area (Å²) in [7, 11) is -8.73. The molecule has 0 saturated heterocycles. The number of anilines is 1. The summed E-state index contributed by atoms with van der Waals surface area (Å²) in [6.07, 6.45) is 0.593. The second-order valence-electron chi connectivity index (χ2n) is 15.6. The third-order valence-corrected chi connectivity index (χ3v) is 18.8. The van der Waals surface area contributed by atoms with Gasteiger partial charge in [0.15, 0.2) is 21.7 Å². The summed E-state index contributed by atoms with van der Waals surface area (Å²) in [5, 5.41) is 3.39. The number of rotatable bonds is 24. The summed E-state index contributed by atoms with van der Waals surface area (Å²) in [4.78, 5) is 13.2. The normalized spacial score (nSPS) is 13.2. The Balaban J connectivity index is 2.48. The highest BCUT2D eigenvalue weighted by atomic mass is 79.9. The number of sulfonamides is 1. The molecule has 16 heteroatoms. The van der Waals surface area contributed by atoms with Crippen molar-refractivity contribution in [1.29, 1.82) is 0 Å². The van der Waals surface area contributed by atoms with E-state index >= 15 is 0 Å². The largest absolute Gasteiger partial charge is 0.482 e. The first kappa shape index (κ1) is 46.7. The SMILES string of the molecule is CC[Si](CC)(CC)O[C@H](CNC(=O)COc1c(C)cc(Br)cc1Cl)c1ccc(OCOCC[Si](C)(C)C)c(N(COCC[Si](C)(C)C)S(C)(=O)=O)c1. The summed E-state index contributed by atoms with van der Waals surface area (Å²) in [6, 6.07) is 13.5. The van der Waals surface area contributed by atoms with Crippen molar-refractivity contribution in [1.82, 2.24) is 5.32 Å². The smallest absolute Gasteiger partial charge is 0.258 e. The summed E-state index contributed by atoms with van der Waals surface area (Å²) < 4.78 is 59.4. The van der Waals surface area contributed by atoms with Gasteiger partial charge in [0.05, 0.1) is 23.1 Å². The molecule has 0 radical (unpaired) electrons. The Kier molecular flexibility index (Phi) is 18.9. The van der Waals surface area contributed by atoms with Crippen LogP contribution in [0, 0.1) is 6.92 Å². The maximum absolute atomic E-state index is 13.3. The minimum atomic E-state index is -3.80. The topological polar surface area (TPSA) is 113 Å². The van der Waals surface area contributed by atoms with Gasteiger partial charge in [-0.15, -0.1) is 0 Å². The van der Waals surface area contributed by atoms with Crippen LogP contribution in [-0.4, -0.2) is 84.9 Å². The monoisotopic (exact) mass is 880 g/mol. The maximum Gasteiger partial charge on any atom is 0.258 e. The van der Waals surface area contributed by atoms with Crippen LogP contribution in [-0.2, 0) is 28.7 Å². The Hall–Kier alpha value is -1.44. The van der Waals surface area contributed by atoms with E-state index in [1.165, 1.54) is 4.31 Å². The summed E-state index contributed by atoms with van der Waals surface area (Å²) >= 11 is 9.81. The van der Waals surface area contributed by atoms with Crippen LogP contribution in [0.1, 0.15) is 38.0 Å². The van der Waals surface area contributed by atoms with Crippen molar-refractivity contribution in [3.05, 3.63) is 51.0 Å². The highest BCUT2D eigenvalue weighted by Gasteiger charge is 2.34. The van der Waals surface area contributed by atoms with Gasteiger partial charge in [0.25, 0.3) is 5.91 Å². The van der Waals surface area contributed by atoms with E-state index in [1.807, 2.05) is 19.1 Å². The molecule has 0 heterocycles. The molecule has 52 heavy (non-hydrogen) atoms. The quantitative estimate of drug-likeness (QED) is 0.0631. The molecule has 0 unspecified atom stereocenters. The second kappa shape index (κ2) is 21.0. The van der Waals surface area contributed by atoms with Crippen molar-refractivity contribution in [3.63, 3.8) is 0 Å². The number of nitrogens with one attached hydrogen (secondary N) is 1. The van der Waals surface area contributed by atoms with Crippen LogP contribution in [0.3, 0.4) is 0 Å². The predicted molar refractivity (Wildman–Crippen MR) is 226 cm³/mol. The van der Waals surface area contributed by atoms with Gasteiger partial charge in [0.2, 0.25) is 10.0 Å². The van der Waals surface area contributed by atoms with Crippen LogP contribution >= 0.6 is 27.5 Å². The van der Waals surface area contributed by atoms with Gasteiger partial charge in [-0.05, 0) is 72.5 Å². The van der Waals surface area contributed by atoms with E-state index in [-0.39, 0.29) is 32.6 Å². The van der Waals surface area contributed by atoms with Gasteiger partial charge in [-0.2, -0.15) is 0 Å². The number of carbonyl (C=O) groups excluding carboxylic acids is 1. The minimum Gasteiger partial charge on any atom is -0.482 e. The first-order valence-electron chi connectivity index (χ1n) is 18.1. The van der Waals surface area contributed by atoms with E-state index in [9.17, 15) is 13.2 Å². The minimum absolute atomic E-state index is 0.0275. The van der Waals surface area contributed by atoms with Gasteiger partial charge in [-0.1, -0.05) is 93.7 Å². The molecule has 296 valence electrons. The lowest BCUT2D eigenvalue weighted by molar-refractivity contribution is -0.123. The Morgan fingerprint density at radius 2 is 1.52 bits per heavy atom. The fourth-order valence-corrected chi connectivity index (χ4v) is 11.4. The molecule has 1 atom stereocenters. The van der Waals surface area contributed by atoms with Crippen LogP contribution in [0.15, 0.2) is 34.8 Å². The first-order valence-corrected chi connectivity index (χ1v) is 31.0. The van der Waals surface area contributed by atoms with Gasteiger partial charge < -0.3 is 28.7 Å². The molecule has 0 aliphatic heterocycles. The molecular formula is C36H62BrClN2O8SSi3. The van der Waals surface area contributed by atoms with E-state index in [2.05, 4.69) is 81.3 Å². The summed E-state index contributed by atoms with van der Waals surface area (Å²) in [6.45, 7) is 22.6. The lowest BCUT2D eigenvalue weighted by atomic mass is 10.1. The van der Waals surface area contributed by atoms with E-state index in [0.717, 1.165) is 46.5 Å². The number of aryl methyl sites for hydroxylation is 1. The van der Waals surface area contributed by atoms with Gasteiger partial charge in [0, 0.05) is 40.4 Å². The number of halogens is 2. The van der Waals surface area contributed by atoms with Gasteiger partial charge in [0.1, 0.15) is 18.2 Å². The molecule has 2 aromatic rings. The molecule has 2 aromatic carbocycles. The highest BCUT2D eigenvalue weighted by molar-refractivity contribution is 9.10. The Bertz CT molecular complexity index is 1520. The molecule has 1 N–H and O–H groups in total. The van der Waals surface area contributed by atoms with Gasteiger partial charge in [-0.25, -0.2) is 12.7 Å². The molecule has 0 aromatic heterocycles. The molecule has 10 nitrogen and oxygen atoms in total. The molecule has 1 amide bonds. The number of amides is 1. The Morgan fingerprint density at radius 1 is 0.923 bits per heavy atom. The number of ether oxygens (including phenoxy) is 4. The fraction of sp³-hybridized carbons (Fsp3) is 0.639. The van der Waals surface area contributed by atoms with Crippen molar-refractivity contribution in [3.8, 4) is 11.5 Å². The summed E-state index contributed by atoms with van der Waals surface area (Å²) in [5.41, 5.74) is 1.83. The third kappa shape index (κ3) is 16.1. The molecule has 0 aliphatic carbocycles. The first-order chi connectivity index (χ1) is 24.1. The lowest BCUT2D eigenvalue weighted by Gasteiger charge is -2.34. The molecule has 0 saturated carbocycles. The van der Waals surface area contributed by atoms with Crippen LogP contribution in [0.2, 0.25) is 74.5 Å². The van der Waals surface area contributed by atoms with Crippen molar-refractivity contribution in [2.75, 3.05) is 50.5 Å². The second-order valence-corrected chi connectivity index (χ2v) is 34.8. The van der Waals surface area contributed by atoms with Crippen LogP contribution in [0.5, 0.6) is 11.5 Å². The van der Waals surface area contributed by atoms with Crippen LogP contribution in [0.4, 0.5) is 5.69 Å².